The maximum atomic E-state index is 5.77. The van der Waals surface area contributed by atoms with Gasteiger partial charge in [-0.2, -0.15) is 0 Å². The molecular formula is C16H26N2O2. The van der Waals surface area contributed by atoms with Crippen molar-refractivity contribution >= 4 is 0 Å². The van der Waals surface area contributed by atoms with Crippen LogP contribution >= 0.6 is 0 Å². The van der Waals surface area contributed by atoms with Crippen LogP contribution in [0.5, 0.6) is 5.75 Å². The Morgan fingerprint density at radius 1 is 1.25 bits per heavy atom. The van der Waals surface area contributed by atoms with Gasteiger partial charge < -0.3 is 14.8 Å². The van der Waals surface area contributed by atoms with E-state index in [1.807, 2.05) is 12.1 Å². The van der Waals surface area contributed by atoms with Crippen molar-refractivity contribution in [1.29, 1.82) is 0 Å². The lowest BCUT2D eigenvalue weighted by Crippen LogP contribution is -2.42. The number of nitrogens with zero attached hydrogens (tertiary/aromatic N) is 1. The van der Waals surface area contributed by atoms with Gasteiger partial charge in [0.25, 0.3) is 0 Å². The quantitative estimate of drug-likeness (QED) is 0.823. The van der Waals surface area contributed by atoms with Crippen LogP contribution in [0.15, 0.2) is 24.3 Å². The molecule has 1 unspecified atom stereocenters. The zero-order chi connectivity index (χ0) is 14.2. The largest absolute Gasteiger partial charge is 0.492 e. The van der Waals surface area contributed by atoms with Gasteiger partial charge in [0.05, 0.1) is 13.2 Å². The summed E-state index contributed by atoms with van der Waals surface area (Å²) in [5, 5.41) is 3.50. The highest BCUT2D eigenvalue weighted by Crippen LogP contribution is 2.11. The first-order valence-electron chi connectivity index (χ1n) is 7.47. The second kappa shape index (κ2) is 8.25. The van der Waals surface area contributed by atoms with Crippen LogP contribution in [0.1, 0.15) is 12.5 Å². The molecule has 0 amide bonds. The molecule has 1 fully saturated rings. The third kappa shape index (κ3) is 5.49. The molecule has 1 saturated heterocycles. The van der Waals surface area contributed by atoms with Gasteiger partial charge in [0.15, 0.2) is 0 Å². The highest BCUT2D eigenvalue weighted by molar-refractivity contribution is 5.26. The Kier molecular flexibility index (Phi) is 6.30. The molecule has 0 bridgehead atoms. The summed E-state index contributed by atoms with van der Waals surface area (Å²) in [4.78, 5) is 2.43. The maximum Gasteiger partial charge on any atom is 0.119 e. The van der Waals surface area contributed by atoms with Crippen LogP contribution in [0.4, 0.5) is 0 Å². The lowest BCUT2D eigenvalue weighted by molar-refractivity contribution is 0.0380. The molecule has 1 N–H and O–H groups in total. The molecule has 2 rings (SSSR count). The smallest absolute Gasteiger partial charge is 0.119 e. The van der Waals surface area contributed by atoms with E-state index in [-0.39, 0.29) is 0 Å². The van der Waals surface area contributed by atoms with E-state index in [1.165, 1.54) is 5.56 Å². The average Bonchev–Trinajstić information content (AvgIpc) is 2.48. The third-order valence-electron chi connectivity index (χ3n) is 3.55. The van der Waals surface area contributed by atoms with Crippen molar-refractivity contribution in [1.82, 2.24) is 10.2 Å². The SMILES string of the molecule is Cc1ccc(OCC(C)NCCN2CCOCC2)cc1. The van der Waals surface area contributed by atoms with E-state index in [1.54, 1.807) is 0 Å². The van der Waals surface area contributed by atoms with E-state index in [9.17, 15) is 0 Å². The topological polar surface area (TPSA) is 33.7 Å². The monoisotopic (exact) mass is 278 g/mol. The van der Waals surface area contributed by atoms with Crippen LogP contribution in [-0.4, -0.2) is 56.9 Å². The van der Waals surface area contributed by atoms with E-state index in [4.69, 9.17) is 9.47 Å². The first-order chi connectivity index (χ1) is 9.74. The minimum Gasteiger partial charge on any atom is -0.492 e. The number of hydrogen-bond donors (Lipinski definition) is 1. The average molecular weight is 278 g/mol. The van der Waals surface area contributed by atoms with Gasteiger partial charge in [-0.15, -0.1) is 0 Å². The van der Waals surface area contributed by atoms with Gasteiger partial charge in [-0.25, -0.2) is 0 Å². The van der Waals surface area contributed by atoms with Crippen molar-refractivity contribution in [3.8, 4) is 5.75 Å². The van der Waals surface area contributed by atoms with Crippen LogP contribution in [0.3, 0.4) is 0 Å². The number of ether oxygens (including phenoxy) is 2. The fraction of sp³-hybridized carbons (Fsp3) is 0.625. The summed E-state index contributed by atoms with van der Waals surface area (Å²) < 4.78 is 11.1. The first-order valence-corrected chi connectivity index (χ1v) is 7.47. The molecule has 1 aliphatic rings. The van der Waals surface area contributed by atoms with Gasteiger partial charge >= 0.3 is 0 Å². The molecule has 1 aromatic carbocycles. The van der Waals surface area contributed by atoms with Crippen molar-refractivity contribution < 1.29 is 9.47 Å². The number of hydrogen-bond acceptors (Lipinski definition) is 4. The summed E-state index contributed by atoms with van der Waals surface area (Å²) in [5.41, 5.74) is 1.26. The molecule has 0 radical (unpaired) electrons. The molecule has 0 aromatic heterocycles. The van der Waals surface area contributed by atoms with Crippen molar-refractivity contribution in [2.45, 2.75) is 19.9 Å². The Hall–Kier alpha value is -1.10. The van der Waals surface area contributed by atoms with Gasteiger partial charge in [-0.3, -0.25) is 4.90 Å². The summed E-state index contributed by atoms with van der Waals surface area (Å²) in [5.74, 6) is 0.942. The van der Waals surface area contributed by atoms with E-state index in [0.717, 1.165) is 45.1 Å². The summed E-state index contributed by atoms with van der Waals surface area (Å²) in [6.07, 6.45) is 0. The summed E-state index contributed by atoms with van der Waals surface area (Å²) in [6, 6.07) is 8.56. The number of nitrogens with one attached hydrogen (secondary N) is 1. The Bertz CT molecular complexity index is 375. The fourth-order valence-corrected chi connectivity index (χ4v) is 2.21. The number of benzene rings is 1. The molecule has 4 nitrogen and oxygen atoms in total. The van der Waals surface area contributed by atoms with Gasteiger partial charge in [-0.1, -0.05) is 17.7 Å². The fourth-order valence-electron chi connectivity index (χ4n) is 2.21. The van der Waals surface area contributed by atoms with Crippen molar-refractivity contribution in [3.63, 3.8) is 0 Å². The second-order valence-electron chi connectivity index (χ2n) is 5.43. The van der Waals surface area contributed by atoms with E-state index in [0.29, 0.717) is 12.6 Å². The lowest BCUT2D eigenvalue weighted by atomic mass is 10.2. The van der Waals surface area contributed by atoms with Crippen LogP contribution in [0, 0.1) is 6.92 Å². The van der Waals surface area contributed by atoms with Gasteiger partial charge in [0, 0.05) is 32.2 Å². The van der Waals surface area contributed by atoms with E-state index < -0.39 is 0 Å². The number of morpholine rings is 1. The molecule has 112 valence electrons. The normalized spacial score (nSPS) is 17.9. The Morgan fingerprint density at radius 2 is 1.95 bits per heavy atom. The molecule has 0 saturated carbocycles. The van der Waals surface area contributed by atoms with Crippen molar-refractivity contribution in [2.24, 2.45) is 0 Å². The molecular weight excluding hydrogens is 252 g/mol. The zero-order valence-corrected chi connectivity index (χ0v) is 12.6. The minimum atomic E-state index is 0.359. The zero-order valence-electron chi connectivity index (χ0n) is 12.6. The molecule has 0 spiro atoms. The Labute approximate surface area is 122 Å². The van der Waals surface area contributed by atoms with Crippen LogP contribution in [-0.2, 0) is 4.74 Å². The second-order valence-corrected chi connectivity index (χ2v) is 5.43. The Morgan fingerprint density at radius 3 is 2.65 bits per heavy atom. The van der Waals surface area contributed by atoms with Crippen molar-refractivity contribution in [3.05, 3.63) is 29.8 Å². The third-order valence-corrected chi connectivity index (χ3v) is 3.55. The molecule has 1 atom stereocenters. The molecule has 1 aliphatic heterocycles. The number of aryl methyl sites for hydroxylation is 1. The highest BCUT2D eigenvalue weighted by atomic mass is 16.5. The number of rotatable bonds is 7. The van der Waals surface area contributed by atoms with Gasteiger partial charge in [0.1, 0.15) is 12.4 Å². The van der Waals surface area contributed by atoms with Gasteiger partial charge in [-0.05, 0) is 26.0 Å². The predicted molar refractivity (Wildman–Crippen MR) is 81.4 cm³/mol. The first kappa shape index (κ1) is 15.3. The molecule has 20 heavy (non-hydrogen) atoms. The van der Waals surface area contributed by atoms with Crippen molar-refractivity contribution in [2.75, 3.05) is 46.0 Å². The molecule has 0 aliphatic carbocycles. The van der Waals surface area contributed by atoms with Crippen LogP contribution in [0.2, 0.25) is 0 Å². The van der Waals surface area contributed by atoms with Crippen LogP contribution < -0.4 is 10.1 Å². The molecule has 1 aromatic rings. The summed E-state index contributed by atoms with van der Waals surface area (Å²) >= 11 is 0. The lowest BCUT2D eigenvalue weighted by Gasteiger charge is -2.27. The highest BCUT2D eigenvalue weighted by Gasteiger charge is 2.10. The van der Waals surface area contributed by atoms with Crippen LogP contribution in [0.25, 0.3) is 0 Å². The minimum absolute atomic E-state index is 0.359. The molecule has 4 heteroatoms. The molecule has 1 heterocycles. The summed E-state index contributed by atoms with van der Waals surface area (Å²) in [7, 11) is 0. The van der Waals surface area contributed by atoms with E-state index >= 15 is 0 Å². The summed E-state index contributed by atoms with van der Waals surface area (Å²) in [6.45, 7) is 10.9. The standard InChI is InChI=1S/C16H26N2O2/c1-14-3-5-16(6-4-14)20-13-15(2)17-7-8-18-9-11-19-12-10-18/h3-6,15,17H,7-13H2,1-2H3. The van der Waals surface area contributed by atoms with Gasteiger partial charge in [0.2, 0.25) is 0 Å². The predicted octanol–water partition coefficient (Wildman–Crippen LogP) is 1.68. The maximum absolute atomic E-state index is 5.77. The Balaban J connectivity index is 1.57. The van der Waals surface area contributed by atoms with E-state index in [2.05, 4.69) is 36.2 Å².